The maximum absolute atomic E-state index is 13.6. The summed E-state index contributed by atoms with van der Waals surface area (Å²) in [5, 5.41) is 9.30. The molecule has 94 valence electrons. The Morgan fingerprint density at radius 1 is 1.39 bits per heavy atom. The molecule has 0 aliphatic heterocycles. The molecule has 1 aromatic heterocycles. The van der Waals surface area contributed by atoms with Crippen LogP contribution in [0.1, 0.15) is 11.4 Å². The van der Waals surface area contributed by atoms with E-state index in [-0.39, 0.29) is 12.4 Å². The Labute approximate surface area is 109 Å². The third-order valence-electron chi connectivity index (χ3n) is 2.57. The lowest BCUT2D eigenvalue weighted by Gasteiger charge is -2.07. The molecule has 0 radical (unpaired) electrons. The lowest BCUT2D eigenvalue weighted by atomic mass is 10.1. The summed E-state index contributed by atoms with van der Waals surface area (Å²) in [6.07, 6.45) is 1.93. The molecule has 3 nitrogen and oxygen atoms in total. The van der Waals surface area contributed by atoms with E-state index in [1.54, 1.807) is 25.3 Å². The number of aromatic nitrogens is 2. The Bertz CT molecular complexity index is 575. The maximum Gasteiger partial charge on any atom is 0.131 e. The summed E-state index contributed by atoms with van der Waals surface area (Å²) in [6.45, 7) is 1.63. The van der Waals surface area contributed by atoms with Gasteiger partial charge in [-0.15, -0.1) is 0 Å². The van der Waals surface area contributed by atoms with Crippen LogP contribution in [0.2, 0.25) is 5.02 Å². The Morgan fingerprint density at radius 2 is 2.17 bits per heavy atom. The number of aliphatic hydroxyl groups is 1. The molecular weight excluding hydrogens is 255 g/mol. The van der Waals surface area contributed by atoms with E-state index in [4.69, 9.17) is 16.7 Å². The molecule has 1 aromatic carbocycles. The van der Waals surface area contributed by atoms with E-state index >= 15 is 0 Å². The second kappa shape index (κ2) is 5.42. The van der Waals surface area contributed by atoms with E-state index in [1.165, 1.54) is 6.07 Å². The quantitative estimate of drug-likeness (QED) is 0.929. The molecule has 0 atom stereocenters. The minimum atomic E-state index is -0.322. The van der Waals surface area contributed by atoms with Gasteiger partial charge in [0.05, 0.1) is 17.3 Å². The summed E-state index contributed by atoms with van der Waals surface area (Å²) in [7, 11) is 0. The van der Waals surface area contributed by atoms with Crippen molar-refractivity contribution < 1.29 is 9.50 Å². The average Bonchev–Trinajstić information content (AvgIpc) is 2.34. The second-order valence-electron chi connectivity index (χ2n) is 3.91. The van der Waals surface area contributed by atoms with Crippen LogP contribution in [0.4, 0.5) is 4.39 Å². The van der Waals surface area contributed by atoms with Crippen molar-refractivity contribution in [3.8, 4) is 11.3 Å². The Balaban J connectivity index is 2.48. The van der Waals surface area contributed by atoms with Crippen molar-refractivity contribution in [2.75, 3.05) is 6.61 Å². The van der Waals surface area contributed by atoms with Gasteiger partial charge >= 0.3 is 0 Å². The SMILES string of the molecule is Cc1cc(Cl)c(-c2ccnc(CCO)n2)cc1F. The zero-order valence-corrected chi connectivity index (χ0v) is 10.6. The topological polar surface area (TPSA) is 46.0 Å². The van der Waals surface area contributed by atoms with Crippen LogP contribution in [0.25, 0.3) is 11.3 Å². The van der Waals surface area contributed by atoms with Crippen molar-refractivity contribution in [3.63, 3.8) is 0 Å². The Hall–Kier alpha value is -1.52. The molecule has 0 saturated carbocycles. The van der Waals surface area contributed by atoms with E-state index in [0.717, 1.165) is 0 Å². The first-order valence-corrected chi connectivity index (χ1v) is 5.88. The predicted octanol–water partition coefficient (Wildman–Crippen LogP) is 2.78. The summed E-state index contributed by atoms with van der Waals surface area (Å²) in [5.41, 5.74) is 1.58. The molecule has 0 spiro atoms. The highest BCUT2D eigenvalue weighted by molar-refractivity contribution is 6.33. The monoisotopic (exact) mass is 266 g/mol. The van der Waals surface area contributed by atoms with Crippen LogP contribution in [-0.2, 0) is 6.42 Å². The molecule has 0 aliphatic rings. The molecule has 0 unspecified atom stereocenters. The van der Waals surface area contributed by atoms with Crippen molar-refractivity contribution in [2.45, 2.75) is 13.3 Å². The fourth-order valence-corrected chi connectivity index (χ4v) is 1.93. The largest absolute Gasteiger partial charge is 0.396 e. The van der Waals surface area contributed by atoms with Crippen LogP contribution in [0.15, 0.2) is 24.4 Å². The van der Waals surface area contributed by atoms with Crippen LogP contribution in [-0.4, -0.2) is 21.7 Å². The molecular formula is C13H12ClFN2O. The number of halogens is 2. The maximum atomic E-state index is 13.6. The van der Waals surface area contributed by atoms with Gasteiger partial charge in [-0.2, -0.15) is 0 Å². The lowest BCUT2D eigenvalue weighted by molar-refractivity contribution is 0.296. The molecule has 2 rings (SSSR count). The molecule has 1 heterocycles. The first-order valence-electron chi connectivity index (χ1n) is 5.50. The van der Waals surface area contributed by atoms with Gasteiger partial charge in [-0.25, -0.2) is 14.4 Å². The normalized spacial score (nSPS) is 10.7. The summed E-state index contributed by atoms with van der Waals surface area (Å²) < 4.78 is 13.6. The van der Waals surface area contributed by atoms with E-state index < -0.39 is 0 Å². The number of hydrogen-bond donors (Lipinski definition) is 1. The van der Waals surface area contributed by atoms with Gasteiger partial charge in [0.1, 0.15) is 11.6 Å². The zero-order valence-electron chi connectivity index (χ0n) is 9.82. The number of aryl methyl sites for hydroxylation is 1. The van der Waals surface area contributed by atoms with Crippen molar-refractivity contribution in [1.82, 2.24) is 9.97 Å². The number of rotatable bonds is 3. The third-order valence-corrected chi connectivity index (χ3v) is 2.88. The second-order valence-corrected chi connectivity index (χ2v) is 4.32. The minimum absolute atomic E-state index is 0.0283. The predicted molar refractivity (Wildman–Crippen MR) is 68.0 cm³/mol. The highest BCUT2D eigenvalue weighted by atomic mass is 35.5. The van der Waals surface area contributed by atoms with Gasteiger partial charge in [0.25, 0.3) is 0 Å². The molecule has 18 heavy (non-hydrogen) atoms. The average molecular weight is 267 g/mol. The molecule has 2 aromatic rings. The van der Waals surface area contributed by atoms with Crippen LogP contribution < -0.4 is 0 Å². The summed E-state index contributed by atoms with van der Waals surface area (Å²) in [6, 6.07) is 4.60. The van der Waals surface area contributed by atoms with E-state index in [2.05, 4.69) is 9.97 Å². The molecule has 1 N–H and O–H groups in total. The fourth-order valence-electron chi connectivity index (χ4n) is 1.61. The summed E-state index contributed by atoms with van der Waals surface area (Å²) in [5.74, 6) is 0.184. The van der Waals surface area contributed by atoms with Crippen LogP contribution in [0, 0.1) is 12.7 Å². The highest BCUT2D eigenvalue weighted by Gasteiger charge is 2.10. The van der Waals surface area contributed by atoms with Gasteiger partial charge in [-0.3, -0.25) is 0 Å². The smallest absolute Gasteiger partial charge is 0.131 e. The Kier molecular flexibility index (Phi) is 3.89. The van der Waals surface area contributed by atoms with Crippen molar-refractivity contribution in [2.24, 2.45) is 0 Å². The molecule has 0 amide bonds. The van der Waals surface area contributed by atoms with Crippen LogP contribution >= 0.6 is 11.6 Å². The highest BCUT2D eigenvalue weighted by Crippen LogP contribution is 2.28. The summed E-state index contributed by atoms with van der Waals surface area (Å²) >= 11 is 6.09. The first-order chi connectivity index (χ1) is 8.61. The number of benzene rings is 1. The number of nitrogens with zero attached hydrogens (tertiary/aromatic N) is 2. The van der Waals surface area contributed by atoms with Crippen molar-refractivity contribution >= 4 is 11.6 Å². The van der Waals surface area contributed by atoms with E-state index in [9.17, 15) is 4.39 Å². The number of aliphatic hydroxyl groups excluding tert-OH is 1. The fraction of sp³-hybridized carbons (Fsp3) is 0.231. The third kappa shape index (κ3) is 2.66. The van der Waals surface area contributed by atoms with Gasteiger partial charge in [-0.1, -0.05) is 11.6 Å². The van der Waals surface area contributed by atoms with Gasteiger partial charge in [0.15, 0.2) is 0 Å². The van der Waals surface area contributed by atoms with Crippen molar-refractivity contribution in [1.29, 1.82) is 0 Å². The first kappa shape index (κ1) is 12.9. The molecule has 0 fully saturated rings. The van der Waals surface area contributed by atoms with Gasteiger partial charge in [0, 0.05) is 18.2 Å². The van der Waals surface area contributed by atoms with Crippen molar-refractivity contribution in [3.05, 3.63) is 46.6 Å². The molecule has 5 heteroatoms. The molecule has 0 bridgehead atoms. The zero-order chi connectivity index (χ0) is 13.1. The molecule has 0 saturated heterocycles. The van der Waals surface area contributed by atoms with E-state index in [1.807, 2.05) is 0 Å². The van der Waals surface area contributed by atoms with Gasteiger partial charge in [0.2, 0.25) is 0 Å². The van der Waals surface area contributed by atoms with Crippen LogP contribution in [0.3, 0.4) is 0 Å². The lowest BCUT2D eigenvalue weighted by Crippen LogP contribution is -1.99. The standard InChI is InChI=1S/C13H12ClFN2O/c1-8-6-10(14)9(7-11(8)15)12-2-4-16-13(17-12)3-5-18/h2,4,6-7,18H,3,5H2,1H3. The minimum Gasteiger partial charge on any atom is -0.396 e. The molecule has 0 aliphatic carbocycles. The number of hydrogen-bond acceptors (Lipinski definition) is 3. The van der Waals surface area contributed by atoms with Crippen LogP contribution in [0.5, 0.6) is 0 Å². The van der Waals surface area contributed by atoms with Gasteiger partial charge < -0.3 is 5.11 Å². The van der Waals surface area contributed by atoms with Gasteiger partial charge in [-0.05, 0) is 30.7 Å². The van der Waals surface area contributed by atoms with E-state index in [0.29, 0.717) is 34.1 Å². The Morgan fingerprint density at radius 3 is 2.89 bits per heavy atom. The summed E-state index contributed by atoms with van der Waals surface area (Å²) in [4.78, 5) is 8.26.